The van der Waals surface area contributed by atoms with Gasteiger partial charge >= 0.3 is 0 Å². The first kappa shape index (κ1) is 15.4. The minimum Gasteiger partial charge on any atom is -0.496 e. The second-order valence-electron chi connectivity index (χ2n) is 4.57. The van der Waals surface area contributed by atoms with E-state index >= 15 is 0 Å². The number of ether oxygens (including phenoxy) is 1. The van der Waals surface area contributed by atoms with Crippen molar-refractivity contribution in [2.24, 2.45) is 0 Å². The Morgan fingerprint density at radius 2 is 2.16 bits per heavy atom. The summed E-state index contributed by atoms with van der Waals surface area (Å²) in [5.41, 5.74) is 1.01. The lowest BCUT2D eigenvalue weighted by Gasteiger charge is -2.16. The van der Waals surface area contributed by atoms with Crippen molar-refractivity contribution in [2.75, 3.05) is 14.2 Å². The Labute approximate surface area is 114 Å². The van der Waals surface area contributed by atoms with Crippen molar-refractivity contribution in [1.29, 1.82) is 0 Å². The highest BCUT2D eigenvalue weighted by Crippen LogP contribution is 2.25. The minimum atomic E-state index is -0.370. The van der Waals surface area contributed by atoms with Gasteiger partial charge in [0.05, 0.1) is 12.0 Å². The molecule has 0 aliphatic rings. The van der Waals surface area contributed by atoms with E-state index in [1.807, 2.05) is 7.05 Å². The Bertz CT molecular complexity index is 421. The van der Waals surface area contributed by atoms with Crippen molar-refractivity contribution < 1.29 is 9.66 Å². The maximum absolute atomic E-state index is 10.8. The molecule has 0 amide bonds. The summed E-state index contributed by atoms with van der Waals surface area (Å²) in [4.78, 5) is 10.4. The number of nitro benzene ring substituents is 1. The molecule has 0 heterocycles. The lowest BCUT2D eigenvalue weighted by atomic mass is 10.0. The molecule has 0 saturated heterocycles. The van der Waals surface area contributed by atoms with Crippen LogP contribution in [0.2, 0.25) is 0 Å². The van der Waals surface area contributed by atoms with Gasteiger partial charge in [-0.3, -0.25) is 10.1 Å². The quantitative estimate of drug-likeness (QED) is 0.580. The number of nitro groups is 1. The number of aryl methyl sites for hydroxylation is 1. The lowest BCUT2D eigenvalue weighted by Crippen LogP contribution is -2.25. The van der Waals surface area contributed by atoms with Crippen molar-refractivity contribution in [3.63, 3.8) is 0 Å². The topological polar surface area (TPSA) is 64.4 Å². The third kappa shape index (κ3) is 4.52. The fourth-order valence-electron chi connectivity index (χ4n) is 2.19. The van der Waals surface area contributed by atoms with Gasteiger partial charge in [-0.25, -0.2) is 0 Å². The second kappa shape index (κ2) is 7.74. The zero-order valence-corrected chi connectivity index (χ0v) is 11.8. The Morgan fingerprint density at radius 1 is 1.42 bits per heavy atom. The zero-order valence-electron chi connectivity index (χ0n) is 11.8. The van der Waals surface area contributed by atoms with E-state index in [1.54, 1.807) is 19.2 Å². The molecule has 0 saturated carbocycles. The van der Waals surface area contributed by atoms with Crippen molar-refractivity contribution in [3.8, 4) is 5.75 Å². The van der Waals surface area contributed by atoms with Crippen LogP contribution in [0.4, 0.5) is 5.69 Å². The summed E-state index contributed by atoms with van der Waals surface area (Å²) in [5.74, 6) is 0.719. The summed E-state index contributed by atoms with van der Waals surface area (Å²) in [5, 5.41) is 14.1. The maximum Gasteiger partial charge on any atom is 0.269 e. The molecule has 1 N–H and O–H groups in total. The Kier molecular flexibility index (Phi) is 6.29. The van der Waals surface area contributed by atoms with Crippen LogP contribution < -0.4 is 10.1 Å². The first-order chi connectivity index (χ1) is 9.12. The summed E-state index contributed by atoms with van der Waals surface area (Å²) in [6.45, 7) is 2.15. The fraction of sp³-hybridized carbons (Fsp3) is 0.571. The van der Waals surface area contributed by atoms with Gasteiger partial charge < -0.3 is 10.1 Å². The predicted molar refractivity (Wildman–Crippen MR) is 75.7 cm³/mol. The van der Waals surface area contributed by atoms with Crippen LogP contribution in [0, 0.1) is 10.1 Å². The van der Waals surface area contributed by atoms with Gasteiger partial charge in [0.25, 0.3) is 5.69 Å². The molecule has 5 heteroatoms. The average molecular weight is 266 g/mol. The minimum absolute atomic E-state index is 0.118. The summed E-state index contributed by atoms with van der Waals surface area (Å²) in [7, 11) is 3.54. The number of rotatable bonds is 8. The molecule has 0 aromatic heterocycles. The van der Waals surface area contributed by atoms with Gasteiger partial charge in [0, 0.05) is 23.7 Å². The molecule has 0 radical (unpaired) electrons. The van der Waals surface area contributed by atoms with Crippen LogP contribution in [-0.2, 0) is 6.42 Å². The summed E-state index contributed by atoms with van der Waals surface area (Å²) >= 11 is 0. The first-order valence-electron chi connectivity index (χ1n) is 6.60. The Hall–Kier alpha value is -1.62. The van der Waals surface area contributed by atoms with E-state index in [1.165, 1.54) is 6.07 Å². The molecule has 106 valence electrons. The molecule has 1 atom stereocenters. The number of hydrogen-bond donors (Lipinski definition) is 1. The monoisotopic (exact) mass is 266 g/mol. The molecule has 1 aromatic carbocycles. The SMILES string of the molecule is CCCC(CCc1cc([N+](=O)[O-])ccc1OC)NC. The Balaban J connectivity index is 2.79. The van der Waals surface area contributed by atoms with Crippen LogP contribution in [0.15, 0.2) is 18.2 Å². The molecule has 0 aliphatic carbocycles. The van der Waals surface area contributed by atoms with Crippen molar-refractivity contribution in [1.82, 2.24) is 5.32 Å². The average Bonchev–Trinajstić information content (AvgIpc) is 2.42. The van der Waals surface area contributed by atoms with Gasteiger partial charge in [0.2, 0.25) is 0 Å². The first-order valence-corrected chi connectivity index (χ1v) is 6.60. The largest absolute Gasteiger partial charge is 0.496 e. The van der Waals surface area contributed by atoms with Crippen LogP contribution in [0.1, 0.15) is 31.7 Å². The molecular formula is C14H22N2O3. The van der Waals surface area contributed by atoms with E-state index in [0.717, 1.165) is 37.0 Å². The Morgan fingerprint density at radius 3 is 2.68 bits per heavy atom. The molecule has 1 aromatic rings. The van der Waals surface area contributed by atoms with Crippen molar-refractivity contribution in [3.05, 3.63) is 33.9 Å². The number of nitrogens with one attached hydrogen (secondary N) is 1. The van der Waals surface area contributed by atoms with E-state index in [-0.39, 0.29) is 10.6 Å². The normalized spacial score (nSPS) is 12.2. The number of nitrogens with zero attached hydrogens (tertiary/aromatic N) is 1. The third-order valence-electron chi connectivity index (χ3n) is 3.28. The number of non-ortho nitro benzene ring substituents is 1. The number of methoxy groups -OCH3 is 1. The molecule has 1 unspecified atom stereocenters. The summed E-state index contributed by atoms with van der Waals surface area (Å²) in [6, 6.07) is 5.19. The smallest absolute Gasteiger partial charge is 0.269 e. The highest BCUT2D eigenvalue weighted by atomic mass is 16.6. The van der Waals surface area contributed by atoms with E-state index in [4.69, 9.17) is 4.74 Å². The van der Waals surface area contributed by atoms with Gasteiger partial charge in [-0.15, -0.1) is 0 Å². The molecule has 0 fully saturated rings. The van der Waals surface area contributed by atoms with Crippen LogP contribution in [0.25, 0.3) is 0 Å². The van der Waals surface area contributed by atoms with Gasteiger partial charge in [0.15, 0.2) is 0 Å². The molecule has 0 bridgehead atoms. The molecule has 19 heavy (non-hydrogen) atoms. The summed E-state index contributed by atoms with van der Waals surface area (Å²) in [6.07, 6.45) is 3.95. The predicted octanol–water partition coefficient (Wildman–Crippen LogP) is 2.92. The standard InChI is InChI=1S/C14H22N2O3/c1-4-5-12(15-2)7-6-11-10-13(16(17)18)8-9-14(11)19-3/h8-10,12,15H,4-7H2,1-3H3. The molecule has 1 rings (SSSR count). The molecule has 0 aliphatic heterocycles. The van der Waals surface area contributed by atoms with Crippen LogP contribution in [0.3, 0.4) is 0 Å². The van der Waals surface area contributed by atoms with Crippen LogP contribution in [-0.4, -0.2) is 25.1 Å². The van der Waals surface area contributed by atoms with Crippen molar-refractivity contribution in [2.45, 2.75) is 38.6 Å². The van der Waals surface area contributed by atoms with Crippen molar-refractivity contribution >= 4 is 5.69 Å². The van der Waals surface area contributed by atoms with Gasteiger partial charge in [-0.05, 0) is 32.4 Å². The zero-order chi connectivity index (χ0) is 14.3. The van der Waals surface area contributed by atoms with Crippen LogP contribution >= 0.6 is 0 Å². The van der Waals surface area contributed by atoms with Gasteiger partial charge in [-0.2, -0.15) is 0 Å². The highest BCUT2D eigenvalue weighted by molar-refractivity contribution is 5.43. The summed E-state index contributed by atoms with van der Waals surface area (Å²) < 4.78 is 5.26. The van der Waals surface area contributed by atoms with E-state index in [0.29, 0.717) is 6.04 Å². The molecular weight excluding hydrogens is 244 g/mol. The fourth-order valence-corrected chi connectivity index (χ4v) is 2.19. The van der Waals surface area contributed by atoms with Gasteiger partial charge in [0.1, 0.15) is 5.75 Å². The van der Waals surface area contributed by atoms with E-state index < -0.39 is 0 Å². The van der Waals surface area contributed by atoms with E-state index in [9.17, 15) is 10.1 Å². The lowest BCUT2D eigenvalue weighted by molar-refractivity contribution is -0.384. The maximum atomic E-state index is 10.8. The highest BCUT2D eigenvalue weighted by Gasteiger charge is 2.13. The number of benzene rings is 1. The van der Waals surface area contributed by atoms with Crippen LogP contribution in [0.5, 0.6) is 5.75 Å². The van der Waals surface area contributed by atoms with E-state index in [2.05, 4.69) is 12.2 Å². The van der Waals surface area contributed by atoms with Gasteiger partial charge in [-0.1, -0.05) is 13.3 Å². The molecule has 0 spiro atoms. The third-order valence-corrected chi connectivity index (χ3v) is 3.28. The molecule has 5 nitrogen and oxygen atoms in total. The second-order valence-corrected chi connectivity index (χ2v) is 4.57. The number of hydrogen-bond acceptors (Lipinski definition) is 4.